The first-order valence-electron chi connectivity index (χ1n) is 6.49. The van der Waals surface area contributed by atoms with E-state index in [-0.39, 0.29) is 5.78 Å². The van der Waals surface area contributed by atoms with Gasteiger partial charge in [0.05, 0.1) is 0 Å². The molecule has 0 aliphatic heterocycles. The van der Waals surface area contributed by atoms with Crippen LogP contribution in [0, 0.1) is 0 Å². The molecule has 0 amide bonds. The number of nitrogens with zero attached hydrogens (tertiary/aromatic N) is 1. The predicted octanol–water partition coefficient (Wildman–Crippen LogP) is 3.07. The molecule has 0 fully saturated rings. The summed E-state index contributed by atoms with van der Waals surface area (Å²) in [4.78, 5) is 27.8. The molecule has 106 valence electrons. The zero-order chi connectivity index (χ0) is 15.2. The van der Waals surface area contributed by atoms with Gasteiger partial charge in [-0.3, -0.25) is 4.79 Å². The van der Waals surface area contributed by atoms with Gasteiger partial charge in [-0.1, -0.05) is 35.5 Å². The lowest BCUT2D eigenvalue weighted by Crippen LogP contribution is -2.11. The average molecular weight is 281 g/mol. The van der Waals surface area contributed by atoms with Crippen molar-refractivity contribution in [3.05, 3.63) is 65.3 Å². The van der Waals surface area contributed by atoms with E-state index in [1.807, 2.05) is 30.3 Å². The van der Waals surface area contributed by atoms with Crippen LogP contribution >= 0.6 is 0 Å². The van der Waals surface area contributed by atoms with E-state index in [1.165, 1.54) is 12.2 Å². The maximum absolute atomic E-state index is 11.6. The molecule has 0 N–H and O–H groups in total. The smallest absolute Gasteiger partial charge is 0.313 e. The van der Waals surface area contributed by atoms with Gasteiger partial charge in [0.1, 0.15) is 5.71 Å². The van der Waals surface area contributed by atoms with Gasteiger partial charge in [-0.15, -0.1) is 0 Å². The molecule has 1 aliphatic rings. The van der Waals surface area contributed by atoms with E-state index in [1.54, 1.807) is 26.0 Å². The minimum Gasteiger partial charge on any atom is -0.313 e. The van der Waals surface area contributed by atoms with Crippen LogP contribution in [-0.4, -0.2) is 17.5 Å². The highest BCUT2D eigenvalue weighted by atomic mass is 16.7. The Hall–Kier alpha value is -2.75. The van der Waals surface area contributed by atoms with Gasteiger partial charge in [0.2, 0.25) is 0 Å². The summed E-state index contributed by atoms with van der Waals surface area (Å²) >= 11 is 0. The van der Waals surface area contributed by atoms with Crippen LogP contribution in [0.1, 0.15) is 19.4 Å². The van der Waals surface area contributed by atoms with E-state index in [0.29, 0.717) is 16.9 Å². The molecule has 0 radical (unpaired) electrons. The first-order chi connectivity index (χ1) is 10.1. The largest absolute Gasteiger partial charge is 0.358 e. The number of allylic oxidation sites excluding steroid dienone is 4. The molecule has 2 rings (SSSR count). The van der Waals surface area contributed by atoms with Gasteiger partial charge < -0.3 is 4.84 Å². The Morgan fingerprint density at radius 1 is 1.10 bits per heavy atom. The van der Waals surface area contributed by atoms with Crippen LogP contribution in [-0.2, 0) is 14.4 Å². The SMILES string of the molecule is CC1=CC(=NOC(=O)/C=C\c2ccccc2)C(C)=CC1=O. The van der Waals surface area contributed by atoms with Crippen LogP contribution in [0.5, 0.6) is 0 Å². The van der Waals surface area contributed by atoms with Crippen LogP contribution in [0.15, 0.2) is 64.9 Å². The Balaban J connectivity index is 2.01. The van der Waals surface area contributed by atoms with Crippen molar-refractivity contribution in [1.82, 2.24) is 0 Å². The number of hydrogen-bond donors (Lipinski definition) is 0. The van der Waals surface area contributed by atoms with E-state index in [2.05, 4.69) is 5.16 Å². The third-order valence-corrected chi connectivity index (χ3v) is 2.94. The Bertz CT molecular complexity index is 679. The van der Waals surface area contributed by atoms with Gasteiger partial charge in [0, 0.05) is 6.08 Å². The number of ketones is 1. The summed E-state index contributed by atoms with van der Waals surface area (Å²) in [5.74, 6) is -0.621. The second kappa shape index (κ2) is 6.61. The molecule has 0 saturated carbocycles. The first-order valence-corrected chi connectivity index (χ1v) is 6.49. The third-order valence-electron chi connectivity index (χ3n) is 2.94. The molecule has 0 spiro atoms. The topological polar surface area (TPSA) is 55.7 Å². The molecule has 1 aromatic carbocycles. The predicted molar refractivity (Wildman–Crippen MR) is 81.5 cm³/mol. The highest BCUT2D eigenvalue weighted by molar-refractivity contribution is 6.21. The number of carbonyl (C=O) groups excluding carboxylic acids is 2. The zero-order valence-electron chi connectivity index (χ0n) is 11.9. The Morgan fingerprint density at radius 2 is 1.81 bits per heavy atom. The van der Waals surface area contributed by atoms with Crippen LogP contribution in [0.25, 0.3) is 6.08 Å². The fraction of sp³-hybridized carbons (Fsp3) is 0.118. The minimum atomic E-state index is -0.567. The Labute approximate surface area is 123 Å². The zero-order valence-corrected chi connectivity index (χ0v) is 11.9. The van der Waals surface area contributed by atoms with Crippen molar-refractivity contribution in [1.29, 1.82) is 0 Å². The molecule has 0 atom stereocenters. The Morgan fingerprint density at radius 3 is 2.52 bits per heavy atom. The van der Waals surface area contributed by atoms with Crippen LogP contribution in [0.4, 0.5) is 0 Å². The number of carbonyl (C=O) groups is 2. The van der Waals surface area contributed by atoms with Gasteiger partial charge in [-0.25, -0.2) is 4.79 Å². The second-order valence-corrected chi connectivity index (χ2v) is 4.65. The molecule has 1 aliphatic carbocycles. The van der Waals surface area contributed by atoms with Crippen LogP contribution < -0.4 is 0 Å². The lowest BCUT2D eigenvalue weighted by atomic mass is 9.99. The second-order valence-electron chi connectivity index (χ2n) is 4.65. The average Bonchev–Trinajstić information content (AvgIpc) is 2.48. The van der Waals surface area contributed by atoms with Crippen molar-refractivity contribution in [2.24, 2.45) is 5.16 Å². The maximum atomic E-state index is 11.6. The normalized spacial score (nSPS) is 16.9. The van der Waals surface area contributed by atoms with Crippen molar-refractivity contribution in [3.8, 4) is 0 Å². The maximum Gasteiger partial charge on any atom is 0.358 e. The highest BCUT2D eigenvalue weighted by Crippen LogP contribution is 2.12. The summed E-state index contributed by atoms with van der Waals surface area (Å²) in [7, 11) is 0. The lowest BCUT2D eigenvalue weighted by molar-refractivity contribution is -0.137. The fourth-order valence-corrected chi connectivity index (χ4v) is 1.73. The summed E-state index contributed by atoms with van der Waals surface area (Å²) in [5, 5.41) is 3.78. The van der Waals surface area contributed by atoms with E-state index in [9.17, 15) is 9.59 Å². The summed E-state index contributed by atoms with van der Waals surface area (Å²) in [5.41, 5.74) is 2.62. The summed E-state index contributed by atoms with van der Waals surface area (Å²) < 4.78 is 0. The Kier molecular flexibility index (Phi) is 4.61. The van der Waals surface area contributed by atoms with Crippen molar-refractivity contribution in [2.75, 3.05) is 0 Å². The molecule has 0 aromatic heterocycles. The molecule has 0 heterocycles. The number of hydrogen-bond acceptors (Lipinski definition) is 4. The van der Waals surface area contributed by atoms with Crippen molar-refractivity contribution >= 4 is 23.5 Å². The highest BCUT2D eigenvalue weighted by Gasteiger charge is 2.13. The van der Waals surface area contributed by atoms with E-state index in [4.69, 9.17) is 4.84 Å². The van der Waals surface area contributed by atoms with Gasteiger partial charge in [0.15, 0.2) is 5.78 Å². The molecular formula is C17H15NO3. The van der Waals surface area contributed by atoms with Gasteiger partial charge in [0.25, 0.3) is 0 Å². The summed E-state index contributed by atoms with van der Waals surface area (Å²) in [6.07, 6.45) is 6.04. The quantitative estimate of drug-likeness (QED) is 0.370. The van der Waals surface area contributed by atoms with Crippen LogP contribution in [0.3, 0.4) is 0 Å². The van der Waals surface area contributed by atoms with Gasteiger partial charge >= 0.3 is 5.97 Å². The minimum absolute atomic E-state index is 0.0539. The number of benzene rings is 1. The van der Waals surface area contributed by atoms with E-state index >= 15 is 0 Å². The molecule has 0 unspecified atom stereocenters. The molecule has 4 nitrogen and oxygen atoms in total. The van der Waals surface area contributed by atoms with Crippen molar-refractivity contribution < 1.29 is 14.4 Å². The molecule has 4 heteroatoms. The van der Waals surface area contributed by atoms with Crippen molar-refractivity contribution in [2.45, 2.75) is 13.8 Å². The molecule has 0 saturated heterocycles. The fourth-order valence-electron chi connectivity index (χ4n) is 1.73. The van der Waals surface area contributed by atoms with Gasteiger partial charge in [-0.2, -0.15) is 0 Å². The summed E-state index contributed by atoms with van der Waals surface area (Å²) in [6, 6.07) is 9.41. The molecule has 0 bridgehead atoms. The molecule has 1 aromatic rings. The number of rotatable bonds is 3. The third kappa shape index (κ3) is 4.11. The van der Waals surface area contributed by atoms with Gasteiger partial charge in [-0.05, 0) is 48.8 Å². The summed E-state index contributed by atoms with van der Waals surface area (Å²) in [6.45, 7) is 3.44. The van der Waals surface area contributed by atoms with E-state index in [0.717, 1.165) is 5.56 Å². The lowest BCUT2D eigenvalue weighted by Gasteiger charge is -2.07. The molecular weight excluding hydrogens is 266 g/mol. The van der Waals surface area contributed by atoms with Crippen molar-refractivity contribution in [3.63, 3.8) is 0 Å². The molecule has 21 heavy (non-hydrogen) atoms. The first kappa shape index (κ1) is 14.7. The standard InChI is InChI=1S/C17H15NO3/c1-12-11-16(19)13(2)10-15(12)18-21-17(20)9-8-14-6-4-3-5-7-14/h3-11H,1-2H3/b9-8-,18-15?. The monoisotopic (exact) mass is 281 g/mol. The van der Waals surface area contributed by atoms with Crippen LogP contribution in [0.2, 0.25) is 0 Å². The number of oxime groups is 1. The van der Waals surface area contributed by atoms with E-state index < -0.39 is 5.97 Å².